The third-order valence-electron chi connectivity index (χ3n) is 10.5. The largest absolute Gasteiger partial charge is 0.423 e. The van der Waals surface area contributed by atoms with Gasteiger partial charge in [-0.3, -0.25) is 4.90 Å². The summed E-state index contributed by atoms with van der Waals surface area (Å²) in [5, 5.41) is 2.24. The molecule has 5 nitrogen and oxygen atoms in total. The minimum Gasteiger partial charge on any atom is -0.423 e. The van der Waals surface area contributed by atoms with Gasteiger partial charge in [0.25, 0.3) is 0 Å². The van der Waals surface area contributed by atoms with Crippen molar-refractivity contribution in [1.29, 1.82) is 0 Å². The van der Waals surface area contributed by atoms with Crippen molar-refractivity contribution in [2.24, 2.45) is 23.7 Å². The van der Waals surface area contributed by atoms with Gasteiger partial charge in [-0.05, 0) is 106 Å². The highest BCUT2D eigenvalue weighted by molar-refractivity contribution is 7.10. The molecule has 0 radical (unpaired) electrons. The first-order chi connectivity index (χ1) is 20.9. The van der Waals surface area contributed by atoms with Crippen molar-refractivity contribution >= 4 is 17.2 Å². The summed E-state index contributed by atoms with van der Waals surface area (Å²) in [5.41, 5.74) is 2.45. The Morgan fingerprint density at radius 2 is 1.65 bits per heavy atom. The molecule has 0 N–H and O–H groups in total. The fourth-order valence-electron chi connectivity index (χ4n) is 8.54. The summed E-state index contributed by atoms with van der Waals surface area (Å²) in [4.78, 5) is 14.7. The maximum absolute atomic E-state index is 6.99. The van der Waals surface area contributed by atoms with E-state index in [1.165, 1.54) is 81.3 Å². The third kappa shape index (κ3) is 7.57. The number of likely N-dealkylation sites (tertiary alicyclic amines) is 1. The predicted molar refractivity (Wildman–Crippen MR) is 180 cm³/mol. The Bertz CT molecular complexity index is 1230. The molecule has 234 valence electrons. The van der Waals surface area contributed by atoms with Crippen molar-refractivity contribution in [3.8, 4) is 0 Å². The van der Waals surface area contributed by atoms with Gasteiger partial charge in [0, 0.05) is 30.4 Å². The number of piperidine rings is 2. The van der Waals surface area contributed by atoms with E-state index in [1.54, 1.807) is 0 Å². The van der Waals surface area contributed by atoms with Crippen molar-refractivity contribution < 1.29 is 4.42 Å². The minimum atomic E-state index is 0.284. The molecular weight excluding hydrogens is 549 g/mol. The van der Waals surface area contributed by atoms with E-state index in [9.17, 15) is 0 Å². The number of rotatable bonds is 10. The van der Waals surface area contributed by atoms with Gasteiger partial charge in [-0.15, -0.1) is 11.3 Å². The molecule has 2 aliphatic heterocycles. The van der Waals surface area contributed by atoms with E-state index in [-0.39, 0.29) is 6.04 Å². The second-order valence-electron chi connectivity index (χ2n) is 14.4. The fourth-order valence-corrected chi connectivity index (χ4v) is 9.56. The molecule has 2 aromatic heterocycles. The van der Waals surface area contributed by atoms with Crippen LogP contribution in [0.25, 0.3) is 0 Å². The highest BCUT2D eigenvalue weighted by Gasteiger charge is 2.36. The van der Waals surface area contributed by atoms with Crippen LogP contribution < -0.4 is 4.90 Å². The van der Waals surface area contributed by atoms with Gasteiger partial charge in [0.15, 0.2) is 0 Å². The van der Waals surface area contributed by atoms with E-state index >= 15 is 0 Å². The number of aromatic nitrogens is 1. The Balaban J connectivity index is 1.24. The fraction of sp³-hybridized carbons (Fsp3) is 0.649. The minimum absolute atomic E-state index is 0.284. The molecule has 0 amide bonds. The molecule has 6 rings (SSSR count). The van der Waals surface area contributed by atoms with Gasteiger partial charge in [0.2, 0.25) is 11.8 Å². The van der Waals surface area contributed by atoms with Gasteiger partial charge in [-0.1, -0.05) is 69.5 Å². The smallest absolute Gasteiger partial charge is 0.220 e. The van der Waals surface area contributed by atoms with E-state index < -0.39 is 0 Å². The lowest BCUT2D eigenvalue weighted by Gasteiger charge is -2.39. The molecule has 4 atom stereocenters. The van der Waals surface area contributed by atoms with Crippen LogP contribution in [0, 0.1) is 23.7 Å². The average Bonchev–Trinajstić information content (AvgIpc) is 3.68. The molecule has 6 heteroatoms. The highest BCUT2D eigenvalue weighted by Crippen LogP contribution is 2.44. The van der Waals surface area contributed by atoms with Crippen molar-refractivity contribution in [2.75, 3.05) is 45.2 Å². The Kier molecular flexibility index (Phi) is 10.3. The summed E-state index contributed by atoms with van der Waals surface area (Å²) in [6, 6.07) is 16.2. The quantitative estimate of drug-likeness (QED) is 0.232. The molecule has 0 bridgehead atoms. The molecule has 2 saturated heterocycles. The van der Waals surface area contributed by atoms with Crippen LogP contribution in [-0.4, -0.2) is 55.1 Å². The molecule has 1 aromatic carbocycles. The summed E-state index contributed by atoms with van der Waals surface area (Å²) in [6.45, 7) is 9.26. The number of oxazole rings is 1. The van der Waals surface area contributed by atoms with Crippen LogP contribution in [0.2, 0.25) is 0 Å². The summed E-state index contributed by atoms with van der Waals surface area (Å²) < 4.78 is 6.99. The Morgan fingerprint density at radius 3 is 2.30 bits per heavy atom. The monoisotopic (exact) mass is 602 g/mol. The number of anilines is 1. The van der Waals surface area contributed by atoms with Gasteiger partial charge in [-0.25, -0.2) is 4.98 Å². The molecule has 0 spiro atoms. The summed E-state index contributed by atoms with van der Waals surface area (Å²) in [7, 11) is 4.53. The van der Waals surface area contributed by atoms with Gasteiger partial charge in [0.1, 0.15) is 5.69 Å². The van der Waals surface area contributed by atoms with Crippen LogP contribution in [0.4, 0.5) is 5.88 Å². The number of hydrogen-bond donors (Lipinski definition) is 0. The zero-order chi connectivity index (χ0) is 29.8. The number of benzene rings is 1. The second kappa shape index (κ2) is 14.3. The SMILES string of the molecule is CC1CC(C)CN(c2oc(C(CC3CCC(C(c4cccs4)N(C)C)CC3)N3CCCCC3)nc2Cc2ccccc2)C1. The Labute approximate surface area is 264 Å². The van der Waals surface area contributed by atoms with Crippen LogP contribution in [-0.2, 0) is 6.42 Å². The van der Waals surface area contributed by atoms with E-state index in [2.05, 4.69) is 90.5 Å². The molecule has 1 aliphatic carbocycles. The van der Waals surface area contributed by atoms with Crippen molar-refractivity contribution in [1.82, 2.24) is 14.8 Å². The summed E-state index contributed by atoms with van der Waals surface area (Å²) >= 11 is 1.92. The van der Waals surface area contributed by atoms with E-state index in [1.807, 2.05) is 11.3 Å². The lowest BCUT2D eigenvalue weighted by atomic mass is 9.75. The number of hydrogen-bond acceptors (Lipinski definition) is 6. The van der Waals surface area contributed by atoms with Gasteiger partial charge in [0.05, 0.1) is 6.04 Å². The molecule has 3 aliphatic rings. The Hall–Kier alpha value is -2.15. The summed E-state index contributed by atoms with van der Waals surface area (Å²) in [5.74, 6) is 4.86. The molecular formula is C37H54N4OS. The average molecular weight is 603 g/mol. The number of thiophene rings is 1. The van der Waals surface area contributed by atoms with Crippen molar-refractivity contribution in [3.05, 3.63) is 69.9 Å². The van der Waals surface area contributed by atoms with Gasteiger partial charge in [-0.2, -0.15) is 0 Å². The van der Waals surface area contributed by atoms with Gasteiger partial charge >= 0.3 is 0 Å². The zero-order valence-electron chi connectivity index (χ0n) is 27.1. The van der Waals surface area contributed by atoms with E-state index in [0.29, 0.717) is 17.9 Å². The first-order valence-electron chi connectivity index (χ1n) is 17.2. The molecule has 4 heterocycles. The van der Waals surface area contributed by atoms with Crippen LogP contribution in [0.5, 0.6) is 0 Å². The predicted octanol–water partition coefficient (Wildman–Crippen LogP) is 8.84. The standard InChI is InChI=1S/C37H54N4OS/c1-27-22-28(2)26-41(25-27)37-32(23-29-12-7-5-8-13-29)38-36(42-37)33(40-19-9-6-10-20-40)24-30-15-17-31(18-16-30)35(39(3)4)34-14-11-21-43-34/h5,7-8,11-14,21,27-28,30-31,33,35H,6,9-10,15-20,22-26H2,1-4H3. The maximum atomic E-state index is 6.99. The molecule has 4 unspecified atom stereocenters. The van der Waals surface area contributed by atoms with Crippen LogP contribution >= 0.6 is 11.3 Å². The highest BCUT2D eigenvalue weighted by atomic mass is 32.1. The normalized spacial score (nSPS) is 27.0. The van der Waals surface area contributed by atoms with Crippen LogP contribution in [0.15, 0.2) is 52.3 Å². The van der Waals surface area contributed by atoms with E-state index in [0.717, 1.165) is 48.8 Å². The first-order valence-corrected chi connectivity index (χ1v) is 18.0. The number of nitrogens with zero attached hydrogens (tertiary/aromatic N) is 4. The van der Waals surface area contributed by atoms with Crippen molar-refractivity contribution in [3.63, 3.8) is 0 Å². The van der Waals surface area contributed by atoms with E-state index in [4.69, 9.17) is 9.40 Å². The zero-order valence-corrected chi connectivity index (χ0v) is 27.9. The maximum Gasteiger partial charge on any atom is 0.220 e. The summed E-state index contributed by atoms with van der Waals surface area (Å²) in [6.07, 6.45) is 12.5. The van der Waals surface area contributed by atoms with Crippen LogP contribution in [0.1, 0.15) is 106 Å². The third-order valence-corrected chi connectivity index (χ3v) is 11.4. The Morgan fingerprint density at radius 1 is 0.930 bits per heavy atom. The topological polar surface area (TPSA) is 35.8 Å². The molecule has 43 heavy (non-hydrogen) atoms. The van der Waals surface area contributed by atoms with Gasteiger partial charge < -0.3 is 14.2 Å². The molecule has 3 aromatic rings. The lowest BCUT2D eigenvalue weighted by Crippen LogP contribution is -2.39. The second-order valence-corrected chi connectivity index (χ2v) is 15.3. The van der Waals surface area contributed by atoms with Crippen molar-refractivity contribution in [2.45, 2.75) is 90.1 Å². The van der Waals surface area contributed by atoms with Crippen LogP contribution in [0.3, 0.4) is 0 Å². The molecule has 3 fully saturated rings. The lowest BCUT2D eigenvalue weighted by molar-refractivity contribution is 0.0948. The first kappa shape index (κ1) is 30.9. The molecule has 1 saturated carbocycles.